The topological polar surface area (TPSA) is 0 Å². The van der Waals surface area contributed by atoms with Gasteiger partial charge in [-0.25, -0.2) is 0 Å². The van der Waals surface area contributed by atoms with Gasteiger partial charge in [0.05, 0.1) is 0 Å². The first-order chi connectivity index (χ1) is 11.8. The summed E-state index contributed by atoms with van der Waals surface area (Å²) in [5.74, 6) is 0.812. The largest absolute Gasteiger partial charge is 0.103 e. The van der Waals surface area contributed by atoms with Crippen molar-refractivity contribution in [1.82, 2.24) is 0 Å². The summed E-state index contributed by atoms with van der Waals surface area (Å²) < 4.78 is 0. The van der Waals surface area contributed by atoms with E-state index in [9.17, 15) is 0 Å². The second-order valence-electron chi connectivity index (χ2n) is 10.9. The molecule has 0 fully saturated rings. The average molecular weight is 389 g/mol. The number of hydrogen-bond acceptors (Lipinski definition) is 0. The summed E-state index contributed by atoms with van der Waals surface area (Å²) in [6.45, 7) is 42.7. The highest BCUT2D eigenvalue weighted by molar-refractivity contribution is 4.69. The quantitative estimate of drug-likeness (QED) is 0.421. The van der Waals surface area contributed by atoms with Gasteiger partial charge < -0.3 is 0 Å². The van der Waals surface area contributed by atoms with Crippen LogP contribution in [0.25, 0.3) is 0 Å². The van der Waals surface area contributed by atoms with Crippen LogP contribution in [0.1, 0.15) is 144 Å². The third kappa shape index (κ3) is 153. The molecule has 0 rings (SSSR count). The SMILES string of the molecule is C=CCC.CC.CC(C)(C)C.CC(C)(C)C.CCC.CCC(C)(C)C(C)C. The number of hydrogen-bond donors (Lipinski definition) is 0. The summed E-state index contributed by atoms with van der Waals surface area (Å²) in [5, 5.41) is 0. The monoisotopic (exact) mass is 389 g/mol. The smallest absolute Gasteiger partial charge is 0.0334 e. The molecule has 0 bridgehead atoms. The average Bonchev–Trinajstić information content (AvgIpc) is 2.47. The van der Waals surface area contributed by atoms with Crippen molar-refractivity contribution in [2.75, 3.05) is 0 Å². The maximum Gasteiger partial charge on any atom is -0.0334 e. The standard InChI is InChI=1S/C8H18.2C5H12.C4H8.C3H8.C2H6/c1-6-8(4,5)7(2)3;2*1-5(2,3)4;1-3-4-2;1-3-2;1-2/h7H,6H2,1-5H3;2*1-4H3;3H,1,4H2,2H3;3H2,1-2H3;1-2H3. The molecule has 0 nitrogen and oxygen atoms in total. The minimum absolute atomic E-state index is 0.500. The molecule has 0 saturated carbocycles. The lowest BCUT2D eigenvalue weighted by Crippen LogP contribution is -2.17. The second kappa shape index (κ2) is 25.7. The van der Waals surface area contributed by atoms with Crippen LogP contribution in [0.4, 0.5) is 0 Å². The van der Waals surface area contributed by atoms with Gasteiger partial charge in [0, 0.05) is 0 Å². The molecule has 0 spiro atoms. The molecule has 0 aromatic rings. The lowest BCUT2D eigenvalue weighted by molar-refractivity contribution is 0.240. The van der Waals surface area contributed by atoms with Crippen LogP contribution >= 0.6 is 0 Å². The van der Waals surface area contributed by atoms with Gasteiger partial charge in [0.1, 0.15) is 0 Å². The van der Waals surface area contributed by atoms with E-state index < -0.39 is 0 Å². The van der Waals surface area contributed by atoms with E-state index >= 15 is 0 Å². The molecule has 27 heavy (non-hydrogen) atoms. The van der Waals surface area contributed by atoms with Crippen LogP contribution in [0.15, 0.2) is 12.7 Å². The minimum atomic E-state index is 0.500. The Labute approximate surface area is 179 Å². The van der Waals surface area contributed by atoms with Crippen molar-refractivity contribution in [2.24, 2.45) is 22.2 Å². The molecule has 0 aromatic carbocycles. The van der Waals surface area contributed by atoms with Crippen molar-refractivity contribution in [2.45, 2.75) is 144 Å². The van der Waals surface area contributed by atoms with Crippen LogP contribution in [0.2, 0.25) is 0 Å². The van der Waals surface area contributed by atoms with E-state index in [0.29, 0.717) is 16.2 Å². The zero-order chi connectivity index (χ0) is 23.9. The molecular weight excluding hydrogens is 324 g/mol. The highest BCUT2D eigenvalue weighted by Crippen LogP contribution is 2.28. The molecule has 0 atom stereocenters. The zero-order valence-corrected chi connectivity index (χ0v) is 23.5. The second-order valence-corrected chi connectivity index (χ2v) is 10.9. The fraction of sp³-hybridized carbons (Fsp3) is 0.926. The summed E-state index contributed by atoms with van der Waals surface area (Å²) in [6, 6.07) is 0. The van der Waals surface area contributed by atoms with E-state index in [1.807, 2.05) is 19.9 Å². The lowest BCUT2D eigenvalue weighted by atomic mass is 9.79. The predicted molar refractivity (Wildman–Crippen MR) is 137 cm³/mol. The zero-order valence-electron chi connectivity index (χ0n) is 23.5. The Kier molecular flexibility index (Phi) is 39.3. The molecule has 0 heterocycles. The molecule has 0 aliphatic rings. The normalized spacial score (nSPS) is 10.0. The van der Waals surface area contributed by atoms with E-state index in [4.69, 9.17) is 0 Å². The molecule has 0 heteroatoms. The molecule has 0 unspecified atom stereocenters. The van der Waals surface area contributed by atoms with Gasteiger partial charge in [0.25, 0.3) is 0 Å². The Morgan fingerprint density at radius 1 is 0.667 bits per heavy atom. The summed E-state index contributed by atoms with van der Waals surface area (Å²) >= 11 is 0. The molecular formula is C27H64. The maximum atomic E-state index is 3.48. The van der Waals surface area contributed by atoms with Gasteiger partial charge in [-0.2, -0.15) is 0 Å². The lowest BCUT2D eigenvalue weighted by Gasteiger charge is -2.27. The van der Waals surface area contributed by atoms with Crippen LogP contribution in [-0.4, -0.2) is 0 Å². The highest BCUT2D eigenvalue weighted by atomic mass is 14.2. The van der Waals surface area contributed by atoms with Crippen LogP contribution in [0, 0.1) is 22.2 Å². The molecule has 172 valence electrons. The van der Waals surface area contributed by atoms with Gasteiger partial charge in [-0.15, -0.1) is 6.58 Å². The first-order valence-corrected chi connectivity index (χ1v) is 11.4. The first kappa shape index (κ1) is 41.2. The van der Waals surface area contributed by atoms with Crippen LogP contribution < -0.4 is 0 Å². The molecule has 0 aromatic heterocycles. The Bertz CT molecular complexity index is 206. The van der Waals surface area contributed by atoms with E-state index in [1.165, 1.54) is 12.8 Å². The number of allylic oxidation sites excluding steroid dienone is 1. The summed E-state index contributed by atoms with van der Waals surface area (Å²) in [6.07, 6.45) is 5.49. The van der Waals surface area contributed by atoms with Crippen molar-refractivity contribution < 1.29 is 0 Å². The van der Waals surface area contributed by atoms with E-state index in [2.05, 4.69) is 117 Å². The number of rotatable bonds is 3. The Hall–Kier alpha value is -0.260. The highest BCUT2D eigenvalue weighted by Gasteiger charge is 2.18. The Morgan fingerprint density at radius 2 is 0.815 bits per heavy atom. The molecule has 0 saturated heterocycles. The summed E-state index contributed by atoms with van der Waals surface area (Å²) in [7, 11) is 0. The third-order valence-corrected chi connectivity index (χ3v) is 2.76. The van der Waals surface area contributed by atoms with Gasteiger partial charge in [-0.1, -0.05) is 144 Å². The van der Waals surface area contributed by atoms with Crippen molar-refractivity contribution in [3.63, 3.8) is 0 Å². The van der Waals surface area contributed by atoms with E-state index in [-0.39, 0.29) is 0 Å². The minimum Gasteiger partial charge on any atom is -0.103 e. The van der Waals surface area contributed by atoms with Crippen molar-refractivity contribution in [3.8, 4) is 0 Å². The van der Waals surface area contributed by atoms with Gasteiger partial charge in [0.2, 0.25) is 0 Å². The summed E-state index contributed by atoms with van der Waals surface area (Å²) in [5.41, 5.74) is 1.54. The molecule has 0 aliphatic heterocycles. The first-order valence-electron chi connectivity index (χ1n) is 11.4. The Balaban J connectivity index is -0.0000000518. The molecule has 0 radical (unpaired) electrons. The van der Waals surface area contributed by atoms with Gasteiger partial charge in [-0.05, 0) is 28.6 Å². The van der Waals surface area contributed by atoms with Crippen molar-refractivity contribution in [1.29, 1.82) is 0 Å². The molecule has 0 N–H and O–H groups in total. The van der Waals surface area contributed by atoms with Crippen molar-refractivity contribution in [3.05, 3.63) is 12.7 Å². The van der Waals surface area contributed by atoms with E-state index in [0.717, 1.165) is 12.3 Å². The van der Waals surface area contributed by atoms with Gasteiger partial charge in [-0.3, -0.25) is 0 Å². The molecule has 0 aliphatic carbocycles. The van der Waals surface area contributed by atoms with Gasteiger partial charge in [0.15, 0.2) is 0 Å². The van der Waals surface area contributed by atoms with E-state index in [1.54, 1.807) is 0 Å². The van der Waals surface area contributed by atoms with Crippen LogP contribution in [0.3, 0.4) is 0 Å². The van der Waals surface area contributed by atoms with Gasteiger partial charge >= 0.3 is 0 Å². The van der Waals surface area contributed by atoms with Crippen LogP contribution in [0.5, 0.6) is 0 Å². The maximum absolute atomic E-state index is 3.48. The third-order valence-electron chi connectivity index (χ3n) is 2.76. The van der Waals surface area contributed by atoms with Crippen molar-refractivity contribution >= 4 is 0 Å². The predicted octanol–water partition coefficient (Wildman–Crippen LogP) is 11.2. The molecule has 0 amide bonds. The Morgan fingerprint density at radius 3 is 0.815 bits per heavy atom. The van der Waals surface area contributed by atoms with Crippen LogP contribution in [-0.2, 0) is 0 Å². The fourth-order valence-electron chi connectivity index (χ4n) is 0.408. The fourth-order valence-corrected chi connectivity index (χ4v) is 0.408. The summed E-state index contributed by atoms with van der Waals surface area (Å²) in [4.78, 5) is 0.